The Balaban J connectivity index is 2.03. The summed E-state index contributed by atoms with van der Waals surface area (Å²) in [5, 5.41) is 0. The first-order valence-corrected chi connectivity index (χ1v) is 6.32. The molecule has 18 heavy (non-hydrogen) atoms. The second-order valence-electron chi connectivity index (χ2n) is 4.10. The Hall–Kier alpha value is -1.83. The van der Waals surface area contributed by atoms with Gasteiger partial charge in [0.15, 0.2) is 0 Å². The van der Waals surface area contributed by atoms with E-state index >= 15 is 0 Å². The van der Waals surface area contributed by atoms with Crippen molar-refractivity contribution in [3.8, 4) is 0 Å². The van der Waals surface area contributed by atoms with Crippen LogP contribution >= 0.6 is 0 Å². The Kier molecular flexibility index (Phi) is 7.29. The summed E-state index contributed by atoms with van der Waals surface area (Å²) in [6.45, 7) is 1.39. The molecule has 96 valence electrons. The summed E-state index contributed by atoms with van der Waals surface area (Å²) in [7, 11) is 0. The van der Waals surface area contributed by atoms with Crippen molar-refractivity contribution in [2.45, 2.75) is 32.6 Å². The fraction of sp³-hybridized carbons (Fsp3) is 0.312. The highest BCUT2D eigenvalue weighted by Gasteiger charge is 1.90. The van der Waals surface area contributed by atoms with Crippen LogP contribution in [0.25, 0.3) is 0 Å². The molecule has 0 aliphatic heterocycles. The highest BCUT2D eigenvalue weighted by Crippen LogP contribution is 2.06. The van der Waals surface area contributed by atoms with Gasteiger partial charge in [0.1, 0.15) is 0 Å². The highest BCUT2D eigenvalue weighted by atomic mass is 16.5. The maximum atomic E-state index is 10.5. The standard InChI is InChI=1S/C16H20O2/c1-15(17)18-14-10-5-3-2-4-7-11-16-12-8-6-9-13-16/h3,5-6,8-10,12-14H,2,4,7,11H2,1H3. The van der Waals surface area contributed by atoms with Gasteiger partial charge in [0.2, 0.25) is 0 Å². The molecule has 0 bridgehead atoms. The van der Waals surface area contributed by atoms with Crippen molar-refractivity contribution >= 4 is 5.97 Å². The maximum Gasteiger partial charge on any atom is 0.307 e. The smallest absolute Gasteiger partial charge is 0.307 e. The van der Waals surface area contributed by atoms with Crippen molar-refractivity contribution in [1.82, 2.24) is 0 Å². The molecule has 0 radical (unpaired) electrons. The molecule has 0 saturated carbocycles. The number of esters is 1. The third kappa shape index (κ3) is 7.44. The molecule has 0 unspecified atom stereocenters. The van der Waals surface area contributed by atoms with Gasteiger partial charge in [0, 0.05) is 6.92 Å². The summed E-state index contributed by atoms with van der Waals surface area (Å²) in [5.41, 5.74) is 1.40. The van der Waals surface area contributed by atoms with Crippen LogP contribution in [0.1, 0.15) is 31.7 Å². The van der Waals surface area contributed by atoms with Crippen LogP contribution in [-0.4, -0.2) is 5.97 Å². The molecule has 0 aliphatic rings. The molecule has 0 aromatic heterocycles. The maximum absolute atomic E-state index is 10.5. The minimum absolute atomic E-state index is 0.289. The lowest BCUT2D eigenvalue weighted by atomic mass is 10.1. The van der Waals surface area contributed by atoms with Crippen molar-refractivity contribution in [3.63, 3.8) is 0 Å². The van der Waals surface area contributed by atoms with Crippen molar-refractivity contribution in [2.24, 2.45) is 0 Å². The van der Waals surface area contributed by atoms with E-state index in [2.05, 4.69) is 35.1 Å². The number of allylic oxidation sites excluding steroid dienone is 3. The summed E-state index contributed by atoms with van der Waals surface area (Å²) >= 11 is 0. The largest absolute Gasteiger partial charge is 0.435 e. The van der Waals surface area contributed by atoms with Gasteiger partial charge >= 0.3 is 5.97 Å². The van der Waals surface area contributed by atoms with E-state index in [9.17, 15) is 4.79 Å². The number of ether oxygens (including phenoxy) is 1. The zero-order valence-corrected chi connectivity index (χ0v) is 10.8. The predicted octanol–water partition coefficient (Wildman–Crippen LogP) is 4.03. The van der Waals surface area contributed by atoms with Gasteiger partial charge in [-0.3, -0.25) is 4.79 Å². The third-order valence-corrected chi connectivity index (χ3v) is 2.49. The molecule has 1 aromatic carbocycles. The number of aryl methyl sites for hydroxylation is 1. The third-order valence-electron chi connectivity index (χ3n) is 2.49. The Bertz CT molecular complexity index is 391. The number of benzene rings is 1. The van der Waals surface area contributed by atoms with Crippen LogP contribution in [0, 0.1) is 0 Å². The minimum atomic E-state index is -0.289. The lowest BCUT2D eigenvalue weighted by Gasteiger charge is -1.98. The zero-order chi connectivity index (χ0) is 13.1. The van der Waals surface area contributed by atoms with Crippen molar-refractivity contribution < 1.29 is 9.53 Å². The van der Waals surface area contributed by atoms with Crippen LogP contribution in [0.3, 0.4) is 0 Å². The summed E-state index contributed by atoms with van der Waals surface area (Å²) in [4.78, 5) is 10.5. The number of carbonyl (C=O) groups excluding carboxylic acids is 1. The fourth-order valence-electron chi connectivity index (χ4n) is 1.59. The lowest BCUT2D eigenvalue weighted by molar-refractivity contribution is -0.135. The second-order valence-corrected chi connectivity index (χ2v) is 4.10. The number of carbonyl (C=O) groups is 1. The highest BCUT2D eigenvalue weighted by molar-refractivity contribution is 5.66. The van der Waals surface area contributed by atoms with Crippen LogP contribution < -0.4 is 0 Å². The van der Waals surface area contributed by atoms with Crippen molar-refractivity contribution in [3.05, 3.63) is 60.4 Å². The molecule has 0 spiro atoms. The Labute approximate surface area is 109 Å². The molecule has 1 rings (SSSR count). The Morgan fingerprint density at radius 1 is 1.17 bits per heavy atom. The van der Waals surface area contributed by atoms with E-state index in [1.807, 2.05) is 12.1 Å². The molecule has 2 heteroatoms. The SMILES string of the molecule is CC(=O)OC=CC=CCCCCc1ccccc1. The van der Waals surface area contributed by atoms with E-state index in [-0.39, 0.29) is 5.97 Å². The average molecular weight is 244 g/mol. The first kappa shape index (κ1) is 14.2. The first-order valence-electron chi connectivity index (χ1n) is 6.32. The zero-order valence-electron chi connectivity index (χ0n) is 10.8. The Morgan fingerprint density at radius 3 is 2.67 bits per heavy atom. The molecule has 0 fully saturated rings. The van der Waals surface area contributed by atoms with Gasteiger partial charge in [-0.2, -0.15) is 0 Å². The summed E-state index contributed by atoms with van der Waals surface area (Å²) in [6, 6.07) is 10.5. The number of hydrogen-bond acceptors (Lipinski definition) is 2. The fourth-order valence-corrected chi connectivity index (χ4v) is 1.59. The predicted molar refractivity (Wildman–Crippen MR) is 74.0 cm³/mol. The Morgan fingerprint density at radius 2 is 1.94 bits per heavy atom. The van der Waals surface area contributed by atoms with Gasteiger partial charge in [-0.25, -0.2) is 0 Å². The second kappa shape index (κ2) is 9.23. The van der Waals surface area contributed by atoms with Gasteiger partial charge < -0.3 is 4.74 Å². The van der Waals surface area contributed by atoms with Crippen LogP contribution in [0.4, 0.5) is 0 Å². The number of rotatable bonds is 7. The molecule has 1 aromatic rings. The molecule has 0 N–H and O–H groups in total. The summed E-state index contributed by atoms with van der Waals surface area (Å²) in [5.74, 6) is -0.289. The summed E-state index contributed by atoms with van der Waals surface area (Å²) in [6.07, 6.45) is 11.7. The van der Waals surface area contributed by atoms with E-state index in [1.54, 1.807) is 6.08 Å². The molecule has 0 atom stereocenters. The topological polar surface area (TPSA) is 26.3 Å². The lowest BCUT2D eigenvalue weighted by Crippen LogP contribution is -1.88. The first-order chi connectivity index (χ1) is 8.79. The molecule has 0 amide bonds. The van der Waals surface area contributed by atoms with E-state index in [0.29, 0.717) is 0 Å². The van der Waals surface area contributed by atoms with E-state index in [4.69, 9.17) is 0 Å². The summed E-state index contributed by atoms with van der Waals surface area (Å²) < 4.78 is 4.66. The molecule has 0 aliphatic carbocycles. The van der Waals surface area contributed by atoms with Gasteiger partial charge in [0.05, 0.1) is 6.26 Å². The quantitative estimate of drug-likeness (QED) is 0.313. The minimum Gasteiger partial charge on any atom is -0.435 e. The molecule has 0 heterocycles. The van der Waals surface area contributed by atoms with Gasteiger partial charge in [0.25, 0.3) is 0 Å². The van der Waals surface area contributed by atoms with Crippen molar-refractivity contribution in [2.75, 3.05) is 0 Å². The number of hydrogen-bond donors (Lipinski definition) is 0. The normalized spacial score (nSPS) is 11.2. The van der Waals surface area contributed by atoms with Gasteiger partial charge in [-0.1, -0.05) is 42.5 Å². The van der Waals surface area contributed by atoms with Crippen LogP contribution in [0.15, 0.2) is 54.8 Å². The van der Waals surface area contributed by atoms with Crippen LogP contribution in [-0.2, 0) is 16.0 Å². The molecule has 0 saturated heterocycles. The van der Waals surface area contributed by atoms with Crippen LogP contribution in [0.5, 0.6) is 0 Å². The van der Waals surface area contributed by atoms with Gasteiger partial charge in [-0.05, 0) is 37.3 Å². The monoisotopic (exact) mass is 244 g/mol. The van der Waals surface area contributed by atoms with E-state index in [0.717, 1.165) is 12.8 Å². The molecular formula is C16H20O2. The van der Waals surface area contributed by atoms with E-state index < -0.39 is 0 Å². The number of unbranched alkanes of at least 4 members (excludes halogenated alkanes) is 2. The molecular weight excluding hydrogens is 224 g/mol. The average Bonchev–Trinajstić information content (AvgIpc) is 2.37. The van der Waals surface area contributed by atoms with Gasteiger partial charge in [-0.15, -0.1) is 0 Å². The van der Waals surface area contributed by atoms with E-state index in [1.165, 1.54) is 31.6 Å². The van der Waals surface area contributed by atoms with Crippen LogP contribution in [0.2, 0.25) is 0 Å². The molecule has 2 nitrogen and oxygen atoms in total. The van der Waals surface area contributed by atoms with Crippen molar-refractivity contribution in [1.29, 1.82) is 0 Å².